The van der Waals surface area contributed by atoms with Crippen molar-refractivity contribution in [3.63, 3.8) is 0 Å². The van der Waals surface area contributed by atoms with Gasteiger partial charge in [-0.2, -0.15) is 0 Å². The highest BCUT2D eigenvalue weighted by molar-refractivity contribution is 6.32. The summed E-state index contributed by atoms with van der Waals surface area (Å²) in [5.41, 5.74) is 0.845. The van der Waals surface area contributed by atoms with Gasteiger partial charge in [0.25, 0.3) is 5.91 Å². The van der Waals surface area contributed by atoms with Gasteiger partial charge in [-0.25, -0.2) is 0 Å². The van der Waals surface area contributed by atoms with Crippen molar-refractivity contribution in [3.8, 4) is 5.75 Å². The number of benzene rings is 1. The zero-order chi connectivity index (χ0) is 23.9. The lowest BCUT2D eigenvalue weighted by Crippen LogP contribution is -2.66. The Labute approximate surface area is 186 Å². The highest BCUT2D eigenvalue weighted by atomic mass is 35.5. The molecule has 32 heavy (non-hydrogen) atoms. The van der Waals surface area contributed by atoms with Crippen LogP contribution in [0.3, 0.4) is 0 Å². The second-order valence-corrected chi connectivity index (χ2v) is 8.87. The van der Waals surface area contributed by atoms with E-state index in [0.717, 1.165) is 0 Å². The van der Waals surface area contributed by atoms with Crippen LogP contribution in [0.25, 0.3) is 5.76 Å². The maximum absolute atomic E-state index is 13.6. The van der Waals surface area contributed by atoms with Crippen LogP contribution < -0.4 is 5.73 Å². The van der Waals surface area contributed by atoms with Crippen LogP contribution in [0.5, 0.6) is 5.75 Å². The van der Waals surface area contributed by atoms with Gasteiger partial charge in [-0.15, -0.1) is 0 Å². The maximum Gasteiger partial charge on any atom is 0.255 e. The van der Waals surface area contributed by atoms with Gasteiger partial charge >= 0.3 is 0 Å². The molecule has 1 aromatic rings. The van der Waals surface area contributed by atoms with Gasteiger partial charge in [0, 0.05) is 28.0 Å². The minimum absolute atomic E-state index is 0.00251. The summed E-state index contributed by atoms with van der Waals surface area (Å²) in [6.07, 6.45) is -1.70. The summed E-state index contributed by atoms with van der Waals surface area (Å²) < 4.78 is 0. The summed E-state index contributed by atoms with van der Waals surface area (Å²) in [4.78, 5) is 39.8. The molecule has 1 fully saturated rings. The summed E-state index contributed by atoms with van der Waals surface area (Å²) in [5.74, 6) is -8.19. The standard InChI is InChI=1S/C21H21ClN2O8/c1-24(2)14-7-5-6-10(16(27)12-9(25)4-3-8(22)11(12)15(6)26)18(29)21(7,32)19(30)13(17(14)28)20(23)31/h3-4,6-7,14-15,25-27,30,32H,5H2,1-2H3,(H2,23,31)/t6-,7-,14-,15-,21+/m0/s1. The molecule has 11 heteroatoms. The van der Waals surface area contributed by atoms with Gasteiger partial charge in [0.1, 0.15) is 22.8 Å². The maximum atomic E-state index is 13.6. The van der Waals surface area contributed by atoms with Crippen LogP contribution in [0.4, 0.5) is 0 Å². The van der Waals surface area contributed by atoms with Gasteiger partial charge in [-0.1, -0.05) is 11.6 Å². The summed E-state index contributed by atoms with van der Waals surface area (Å²) in [6, 6.07) is 1.25. The Morgan fingerprint density at radius 1 is 1.22 bits per heavy atom. The third kappa shape index (κ3) is 2.61. The predicted molar refractivity (Wildman–Crippen MR) is 111 cm³/mol. The zero-order valence-corrected chi connectivity index (χ0v) is 17.8. The minimum atomic E-state index is -2.77. The minimum Gasteiger partial charge on any atom is -0.508 e. The van der Waals surface area contributed by atoms with E-state index in [1.54, 1.807) is 0 Å². The molecule has 5 atom stereocenters. The number of nitrogens with two attached hydrogens (primary N) is 1. The number of carbonyl (C=O) groups excluding carboxylic acids is 3. The van der Waals surface area contributed by atoms with E-state index in [1.807, 2.05) is 0 Å². The quantitative estimate of drug-likeness (QED) is 0.331. The molecule has 1 amide bonds. The Morgan fingerprint density at radius 2 is 1.84 bits per heavy atom. The number of hydrogen-bond donors (Lipinski definition) is 6. The molecule has 3 aliphatic rings. The van der Waals surface area contributed by atoms with E-state index in [1.165, 1.54) is 31.1 Å². The van der Waals surface area contributed by atoms with Gasteiger partial charge in [0.15, 0.2) is 11.4 Å². The first-order chi connectivity index (χ1) is 14.8. The summed E-state index contributed by atoms with van der Waals surface area (Å²) in [6.45, 7) is 0. The summed E-state index contributed by atoms with van der Waals surface area (Å²) in [5, 5.41) is 54.4. The van der Waals surface area contributed by atoms with Crippen LogP contribution >= 0.6 is 11.6 Å². The molecule has 0 bridgehead atoms. The third-order valence-corrected chi connectivity index (χ3v) is 6.97. The molecule has 0 aliphatic heterocycles. The van der Waals surface area contributed by atoms with Crippen molar-refractivity contribution >= 4 is 34.8 Å². The number of aromatic hydroxyl groups is 1. The molecule has 7 N–H and O–H groups in total. The topological polar surface area (TPSA) is 182 Å². The van der Waals surface area contributed by atoms with Crippen LogP contribution in [0.1, 0.15) is 23.7 Å². The fraction of sp³-hybridized carbons (Fsp3) is 0.381. The number of ketones is 2. The molecule has 0 spiro atoms. The lowest BCUT2D eigenvalue weighted by Gasteiger charge is -2.51. The van der Waals surface area contributed by atoms with Crippen LogP contribution in [0, 0.1) is 11.8 Å². The molecule has 0 unspecified atom stereocenters. The van der Waals surface area contributed by atoms with Gasteiger partial charge in [-0.05, 0) is 32.6 Å². The molecular weight excluding hydrogens is 444 g/mol. The van der Waals surface area contributed by atoms with Crippen molar-refractivity contribution in [2.45, 2.75) is 24.2 Å². The van der Waals surface area contributed by atoms with Crippen LogP contribution in [0.2, 0.25) is 5.02 Å². The first-order valence-electron chi connectivity index (χ1n) is 9.69. The van der Waals surface area contributed by atoms with Crippen molar-refractivity contribution in [2.75, 3.05) is 14.1 Å². The lowest BCUT2D eigenvalue weighted by molar-refractivity contribution is -0.155. The summed E-state index contributed by atoms with van der Waals surface area (Å²) >= 11 is 6.19. The normalized spacial score (nSPS) is 32.1. The Balaban J connectivity index is 2.03. The van der Waals surface area contributed by atoms with E-state index in [-0.39, 0.29) is 22.6 Å². The number of phenolic OH excluding ortho intramolecular Hbond substituents is 1. The number of phenols is 1. The smallest absolute Gasteiger partial charge is 0.255 e. The monoisotopic (exact) mass is 464 g/mol. The van der Waals surface area contributed by atoms with Crippen LogP contribution in [0.15, 0.2) is 29.0 Å². The molecule has 4 rings (SSSR count). The number of likely N-dealkylation sites (N-methyl/N-ethyl adjacent to an activating group) is 1. The van der Waals surface area contributed by atoms with Gasteiger partial charge in [-0.3, -0.25) is 19.3 Å². The highest BCUT2D eigenvalue weighted by Crippen LogP contribution is 2.56. The van der Waals surface area contributed by atoms with Crippen molar-refractivity contribution < 1.29 is 39.9 Å². The molecule has 0 aromatic heterocycles. The Hall–Kier alpha value is -2.92. The number of primary amides is 1. The van der Waals surface area contributed by atoms with E-state index in [9.17, 15) is 39.9 Å². The summed E-state index contributed by atoms with van der Waals surface area (Å²) in [7, 11) is 2.97. The first-order valence-corrected chi connectivity index (χ1v) is 10.1. The molecule has 1 saturated carbocycles. The molecule has 170 valence electrons. The number of aliphatic hydroxyl groups is 4. The molecule has 0 saturated heterocycles. The number of amides is 1. The Bertz CT molecular complexity index is 1160. The molecule has 1 aromatic carbocycles. The average Bonchev–Trinajstić information content (AvgIpc) is 2.69. The van der Waals surface area contributed by atoms with E-state index in [4.69, 9.17) is 17.3 Å². The van der Waals surface area contributed by atoms with Crippen LogP contribution in [-0.2, 0) is 14.4 Å². The van der Waals surface area contributed by atoms with Crippen LogP contribution in [-0.4, -0.2) is 73.6 Å². The first kappa shape index (κ1) is 22.3. The van der Waals surface area contributed by atoms with E-state index < -0.39 is 75.5 Å². The zero-order valence-electron chi connectivity index (χ0n) is 17.0. The van der Waals surface area contributed by atoms with Crippen molar-refractivity contribution in [1.82, 2.24) is 4.90 Å². The number of Topliss-reactive ketones (excluding diaryl/α,β-unsaturated/α-hetero) is 2. The SMILES string of the molecule is CN(C)[C@@H]1C(=O)C(C(N)=O)=C(O)[C@]2(O)C(=O)C3=C(O)c4c(O)ccc(Cl)c4[C@@H](O)[C@H]3C[C@@H]12. The van der Waals surface area contributed by atoms with Crippen molar-refractivity contribution in [2.24, 2.45) is 17.6 Å². The van der Waals surface area contributed by atoms with Crippen molar-refractivity contribution in [3.05, 3.63) is 45.2 Å². The number of rotatable bonds is 2. The van der Waals surface area contributed by atoms with Gasteiger partial charge < -0.3 is 31.3 Å². The Kier molecular flexibility index (Phi) is 4.90. The number of aliphatic hydroxyl groups excluding tert-OH is 3. The number of hydrogen-bond acceptors (Lipinski definition) is 9. The number of carbonyl (C=O) groups is 3. The largest absolute Gasteiger partial charge is 0.508 e. The van der Waals surface area contributed by atoms with E-state index in [0.29, 0.717) is 0 Å². The molecule has 0 radical (unpaired) electrons. The van der Waals surface area contributed by atoms with Gasteiger partial charge in [0.2, 0.25) is 5.78 Å². The lowest BCUT2D eigenvalue weighted by atomic mass is 9.57. The van der Waals surface area contributed by atoms with Crippen molar-refractivity contribution in [1.29, 1.82) is 0 Å². The fourth-order valence-electron chi connectivity index (χ4n) is 5.24. The highest BCUT2D eigenvalue weighted by Gasteiger charge is 2.65. The fourth-order valence-corrected chi connectivity index (χ4v) is 5.51. The van der Waals surface area contributed by atoms with E-state index in [2.05, 4.69) is 0 Å². The predicted octanol–water partition coefficient (Wildman–Crippen LogP) is 0.108. The number of nitrogens with zero attached hydrogens (tertiary/aromatic N) is 1. The second kappa shape index (κ2) is 7.04. The molecular formula is C21H21ClN2O8. The second-order valence-electron chi connectivity index (χ2n) is 8.47. The van der Waals surface area contributed by atoms with Gasteiger partial charge in [0.05, 0.1) is 17.7 Å². The molecule has 0 heterocycles. The third-order valence-electron chi connectivity index (χ3n) is 6.64. The molecule has 10 nitrogen and oxygen atoms in total. The van der Waals surface area contributed by atoms with E-state index >= 15 is 0 Å². The number of fused-ring (bicyclic) bond motifs is 3. The average molecular weight is 465 g/mol. The Morgan fingerprint density at radius 3 is 2.41 bits per heavy atom. The molecule has 3 aliphatic carbocycles. The number of halogens is 1.